The summed E-state index contributed by atoms with van der Waals surface area (Å²) in [4.78, 5) is 41.4. The number of carbonyl (C=O) groups excluding carboxylic acids is 3. The first-order valence-electron chi connectivity index (χ1n) is 7.27. The van der Waals surface area contributed by atoms with Gasteiger partial charge in [0.1, 0.15) is 0 Å². The standard InChI is InChI=1S/C13H21N3O5/c17-9-8-15-6-1-2-10(5-7-15)14-13(20)21-16-11(18)3-4-12(16)19/h10,17H,1-9H2,(H,14,20)/t10-/m0/s1. The predicted molar refractivity (Wildman–Crippen MR) is 71.9 cm³/mol. The van der Waals surface area contributed by atoms with Gasteiger partial charge in [0.15, 0.2) is 0 Å². The molecule has 0 saturated carbocycles. The molecular weight excluding hydrogens is 278 g/mol. The van der Waals surface area contributed by atoms with Gasteiger partial charge < -0.3 is 20.2 Å². The number of nitrogens with one attached hydrogen (secondary N) is 1. The highest BCUT2D eigenvalue weighted by Crippen LogP contribution is 2.14. The van der Waals surface area contributed by atoms with Crippen molar-refractivity contribution in [2.75, 3.05) is 26.2 Å². The first-order chi connectivity index (χ1) is 10.1. The fourth-order valence-electron chi connectivity index (χ4n) is 2.60. The maximum absolute atomic E-state index is 11.7. The fourth-order valence-corrected chi connectivity index (χ4v) is 2.60. The second kappa shape index (κ2) is 7.37. The van der Waals surface area contributed by atoms with Crippen LogP contribution in [0.3, 0.4) is 0 Å². The van der Waals surface area contributed by atoms with E-state index >= 15 is 0 Å². The molecule has 2 N–H and O–H groups in total. The molecule has 1 atom stereocenters. The number of carbonyl (C=O) groups is 3. The van der Waals surface area contributed by atoms with Crippen molar-refractivity contribution in [3.05, 3.63) is 0 Å². The number of nitrogens with zero attached hydrogens (tertiary/aromatic N) is 2. The van der Waals surface area contributed by atoms with Gasteiger partial charge >= 0.3 is 6.09 Å². The van der Waals surface area contributed by atoms with Crippen LogP contribution in [0.25, 0.3) is 0 Å². The van der Waals surface area contributed by atoms with E-state index in [2.05, 4.69) is 10.2 Å². The zero-order valence-corrected chi connectivity index (χ0v) is 11.9. The average molecular weight is 299 g/mol. The lowest BCUT2D eigenvalue weighted by molar-refractivity contribution is -0.171. The Bertz CT molecular complexity index is 399. The summed E-state index contributed by atoms with van der Waals surface area (Å²) in [5.74, 6) is -0.963. The van der Waals surface area contributed by atoms with E-state index in [-0.39, 0.29) is 25.5 Å². The van der Waals surface area contributed by atoms with E-state index < -0.39 is 17.9 Å². The molecule has 0 aromatic carbocycles. The van der Waals surface area contributed by atoms with Gasteiger partial charge in [-0.2, -0.15) is 0 Å². The normalized spacial score (nSPS) is 24.0. The van der Waals surface area contributed by atoms with Crippen LogP contribution in [-0.4, -0.2) is 65.3 Å². The largest absolute Gasteiger partial charge is 0.432 e. The van der Waals surface area contributed by atoms with Crippen LogP contribution in [0, 0.1) is 0 Å². The third kappa shape index (κ3) is 4.40. The van der Waals surface area contributed by atoms with Gasteiger partial charge in [0.25, 0.3) is 11.8 Å². The molecule has 2 aliphatic rings. The van der Waals surface area contributed by atoms with Gasteiger partial charge in [-0.15, -0.1) is 5.06 Å². The lowest BCUT2D eigenvalue weighted by atomic mass is 10.1. The van der Waals surface area contributed by atoms with Gasteiger partial charge in [0.2, 0.25) is 0 Å². The van der Waals surface area contributed by atoms with Crippen LogP contribution in [0.15, 0.2) is 0 Å². The smallest absolute Gasteiger partial charge is 0.395 e. The SMILES string of the molecule is O=C(N[C@H]1CCCN(CCO)CC1)ON1C(=O)CCC1=O. The molecule has 8 heteroatoms. The molecule has 0 bridgehead atoms. The average Bonchev–Trinajstić information content (AvgIpc) is 2.66. The highest BCUT2D eigenvalue weighted by molar-refractivity contribution is 6.01. The zero-order chi connectivity index (χ0) is 15.2. The number of imide groups is 1. The molecule has 0 radical (unpaired) electrons. The molecule has 0 aliphatic carbocycles. The van der Waals surface area contributed by atoms with Crippen LogP contribution in [0.1, 0.15) is 32.1 Å². The van der Waals surface area contributed by atoms with Gasteiger partial charge in [-0.25, -0.2) is 4.79 Å². The first kappa shape index (κ1) is 15.7. The molecule has 118 valence electrons. The van der Waals surface area contributed by atoms with Crippen LogP contribution < -0.4 is 5.32 Å². The first-order valence-corrected chi connectivity index (χ1v) is 7.27. The Morgan fingerprint density at radius 2 is 1.95 bits per heavy atom. The number of rotatable bonds is 4. The van der Waals surface area contributed by atoms with Crippen LogP contribution in [-0.2, 0) is 14.4 Å². The summed E-state index contributed by atoms with van der Waals surface area (Å²) in [6, 6.07) is -0.0472. The number of likely N-dealkylation sites (tertiary alicyclic amines) is 1. The molecule has 2 saturated heterocycles. The molecule has 0 unspecified atom stereocenters. The minimum Gasteiger partial charge on any atom is -0.395 e. The highest BCUT2D eigenvalue weighted by Gasteiger charge is 2.33. The summed E-state index contributed by atoms with van der Waals surface area (Å²) in [6.07, 6.45) is 1.87. The number of β-amino-alcohol motifs (C(OH)–C–C–N with tert-alkyl or cyclic N) is 1. The Balaban J connectivity index is 1.77. The Morgan fingerprint density at radius 1 is 1.24 bits per heavy atom. The molecule has 0 aromatic heterocycles. The van der Waals surface area contributed by atoms with Crippen LogP contribution in [0.2, 0.25) is 0 Å². The number of aliphatic hydroxyl groups excluding tert-OH is 1. The molecule has 21 heavy (non-hydrogen) atoms. The Kier molecular flexibility index (Phi) is 5.51. The fraction of sp³-hybridized carbons (Fsp3) is 0.769. The summed E-state index contributed by atoms with van der Waals surface area (Å²) in [7, 11) is 0. The summed E-state index contributed by atoms with van der Waals surface area (Å²) < 4.78 is 0. The topological polar surface area (TPSA) is 99.2 Å². The van der Waals surface area contributed by atoms with Crippen molar-refractivity contribution < 1.29 is 24.3 Å². The molecule has 2 aliphatic heterocycles. The minimum atomic E-state index is -0.765. The van der Waals surface area contributed by atoms with Crippen molar-refractivity contribution in [1.82, 2.24) is 15.3 Å². The monoisotopic (exact) mass is 299 g/mol. The van der Waals surface area contributed by atoms with Gasteiger partial charge in [-0.05, 0) is 25.8 Å². The van der Waals surface area contributed by atoms with Crippen LogP contribution in [0.5, 0.6) is 0 Å². The van der Waals surface area contributed by atoms with E-state index in [1.54, 1.807) is 0 Å². The number of hydrogen-bond donors (Lipinski definition) is 2. The Hall–Kier alpha value is -1.67. The summed E-state index contributed by atoms with van der Waals surface area (Å²) in [5, 5.41) is 12.2. The zero-order valence-electron chi connectivity index (χ0n) is 11.9. The van der Waals surface area contributed by atoms with Gasteiger partial charge in [-0.3, -0.25) is 9.59 Å². The van der Waals surface area contributed by atoms with Crippen molar-refractivity contribution in [3.63, 3.8) is 0 Å². The third-order valence-electron chi connectivity index (χ3n) is 3.74. The maximum atomic E-state index is 11.7. The molecule has 8 nitrogen and oxygen atoms in total. The number of hydrogen-bond acceptors (Lipinski definition) is 6. The van der Waals surface area contributed by atoms with Crippen molar-refractivity contribution in [3.8, 4) is 0 Å². The minimum absolute atomic E-state index is 0.0472. The summed E-state index contributed by atoms with van der Waals surface area (Å²) in [6.45, 7) is 2.43. The molecule has 3 amide bonds. The quantitative estimate of drug-likeness (QED) is 0.687. The summed E-state index contributed by atoms with van der Waals surface area (Å²) >= 11 is 0. The van der Waals surface area contributed by atoms with Crippen molar-refractivity contribution in [2.24, 2.45) is 0 Å². The number of aliphatic hydroxyl groups is 1. The Labute approximate surface area is 123 Å². The predicted octanol–water partition coefficient (Wildman–Crippen LogP) is -0.377. The van der Waals surface area contributed by atoms with Gasteiger partial charge in [0.05, 0.1) is 6.61 Å². The summed E-state index contributed by atoms with van der Waals surface area (Å²) in [5.41, 5.74) is 0. The lowest BCUT2D eigenvalue weighted by Crippen LogP contribution is -2.41. The number of amides is 3. The van der Waals surface area contributed by atoms with Crippen molar-refractivity contribution in [2.45, 2.75) is 38.1 Å². The Morgan fingerprint density at radius 3 is 2.62 bits per heavy atom. The third-order valence-corrected chi connectivity index (χ3v) is 3.74. The van der Waals surface area contributed by atoms with Crippen molar-refractivity contribution in [1.29, 1.82) is 0 Å². The van der Waals surface area contributed by atoms with Gasteiger partial charge in [0, 0.05) is 32.0 Å². The van der Waals surface area contributed by atoms with Crippen LogP contribution >= 0.6 is 0 Å². The van der Waals surface area contributed by atoms with E-state index in [1.165, 1.54) is 0 Å². The van der Waals surface area contributed by atoms with E-state index in [0.29, 0.717) is 11.6 Å². The van der Waals surface area contributed by atoms with E-state index in [1.807, 2.05) is 0 Å². The second-order valence-electron chi connectivity index (χ2n) is 5.30. The van der Waals surface area contributed by atoms with Crippen molar-refractivity contribution >= 4 is 17.9 Å². The van der Waals surface area contributed by atoms with E-state index in [0.717, 1.165) is 32.4 Å². The second-order valence-corrected chi connectivity index (χ2v) is 5.30. The number of hydroxylamine groups is 2. The molecule has 2 rings (SSSR count). The highest BCUT2D eigenvalue weighted by atomic mass is 16.7. The molecular formula is C13H21N3O5. The maximum Gasteiger partial charge on any atom is 0.432 e. The lowest BCUT2D eigenvalue weighted by Gasteiger charge is -2.20. The molecule has 2 heterocycles. The molecule has 0 spiro atoms. The van der Waals surface area contributed by atoms with Crippen LogP contribution in [0.4, 0.5) is 4.79 Å². The molecule has 2 fully saturated rings. The van der Waals surface area contributed by atoms with E-state index in [4.69, 9.17) is 9.94 Å². The van der Waals surface area contributed by atoms with Gasteiger partial charge in [-0.1, -0.05) is 0 Å². The van der Waals surface area contributed by atoms with E-state index in [9.17, 15) is 14.4 Å². The molecule has 0 aromatic rings.